The standard InChI is InChI=1S/C20H20N2O6/c1-10-9-15(12(3)27-10)19(23)21-11(2)18-16(20(24)25)17(22-28-18)13-5-7-14(26-4)8-6-13/h5-9,11H,1-4H3,(H,21,23)(H,24,25). The van der Waals surface area contributed by atoms with Gasteiger partial charge in [-0.3, -0.25) is 4.79 Å². The second kappa shape index (κ2) is 7.59. The maximum Gasteiger partial charge on any atom is 0.341 e. The second-order valence-corrected chi connectivity index (χ2v) is 6.33. The van der Waals surface area contributed by atoms with Gasteiger partial charge in [-0.05, 0) is 51.1 Å². The molecule has 0 aliphatic carbocycles. The van der Waals surface area contributed by atoms with E-state index in [9.17, 15) is 14.7 Å². The van der Waals surface area contributed by atoms with Gasteiger partial charge in [-0.15, -0.1) is 0 Å². The minimum Gasteiger partial charge on any atom is -0.497 e. The van der Waals surface area contributed by atoms with Gasteiger partial charge in [-0.25, -0.2) is 4.79 Å². The predicted molar refractivity (Wildman–Crippen MR) is 99.5 cm³/mol. The quantitative estimate of drug-likeness (QED) is 0.665. The van der Waals surface area contributed by atoms with Crippen molar-refractivity contribution in [3.8, 4) is 17.0 Å². The van der Waals surface area contributed by atoms with Crippen molar-refractivity contribution in [2.24, 2.45) is 0 Å². The van der Waals surface area contributed by atoms with Crippen molar-refractivity contribution in [3.63, 3.8) is 0 Å². The van der Waals surface area contributed by atoms with E-state index in [-0.39, 0.29) is 22.9 Å². The summed E-state index contributed by atoms with van der Waals surface area (Å²) in [5, 5.41) is 16.3. The number of nitrogens with zero attached hydrogens (tertiary/aromatic N) is 1. The Hall–Kier alpha value is -3.55. The Bertz CT molecular complexity index is 1020. The van der Waals surface area contributed by atoms with Gasteiger partial charge < -0.3 is 24.1 Å². The van der Waals surface area contributed by atoms with Crippen LogP contribution >= 0.6 is 0 Å². The number of methoxy groups -OCH3 is 1. The van der Waals surface area contributed by atoms with E-state index >= 15 is 0 Å². The lowest BCUT2D eigenvalue weighted by atomic mass is 10.0. The molecule has 0 aliphatic heterocycles. The number of carbonyl (C=O) groups is 2. The molecule has 28 heavy (non-hydrogen) atoms. The number of rotatable bonds is 6. The number of nitrogens with one attached hydrogen (secondary N) is 1. The number of hydrogen-bond acceptors (Lipinski definition) is 6. The van der Waals surface area contributed by atoms with Gasteiger partial charge in [0.05, 0.1) is 18.7 Å². The molecule has 0 fully saturated rings. The number of aryl methyl sites for hydroxylation is 2. The molecule has 1 unspecified atom stereocenters. The van der Waals surface area contributed by atoms with E-state index in [1.807, 2.05) is 0 Å². The van der Waals surface area contributed by atoms with Gasteiger partial charge in [0, 0.05) is 5.56 Å². The normalized spacial score (nSPS) is 11.9. The van der Waals surface area contributed by atoms with Crippen molar-refractivity contribution in [1.29, 1.82) is 0 Å². The molecule has 3 aromatic rings. The number of carboxylic acids is 1. The minimum atomic E-state index is -1.20. The summed E-state index contributed by atoms with van der Waals surface area (Å²) in [6, 6.07) is 7.68. The summed E-state index contributed by atoms with van der Waals surface area (Å²) in [4.78, 5) is 24.4. The van der Waals surface area contributed by atoms with E-state index in [1.165, 1.54) is 0 Å². The Balaban J connectivity index is 1.91. The molecule has 2 heterocycles. The van der Waals surface area contributed by atoms with E-state index in [0.29, 0.717) is 28.4 Å². The Morgan fingerprint density at radius 1 is 1.21 bits per heavy atom. The van der Waals surface area contributed by atoms with Crippen LogP contribution in [0.2, 0.25) is 0 Å². The van der Waals surface area contributed by atoms with Crippen molar-refractivity contribution < 1.29 is 28.4 Å². The highest BCUT2D eigenvalue weighted by Crippen LogP contribution is 2.30. The van der Waals surface area contributed by atoms with E-state index in [4.69, 9.17) is 13.7 Å². The topological polar surface area (TPSA) is 115 Å². The van der Waals surface area contributed by atoms with E-state index < -0.39 is 12.0 Å². The molecule has 2 aromatic heterocycles. The zero-order valence-electron chi connectivity index (χ0n) is 15.9. The average molecular weight is 384 g/mol. The first-order valence-corrected chi connectivity index (χ1v) is 8.57. The van der Waals surface area contributed by atoms with Gasteiger partial charge in [0.15, 0.2) is 5.76 Å². The summed E-state index contributed by atoms with van der Waals surface area (Å²) in [7, 11) is 1.54. The molecule has 1 amide bonds. The van der Waals surface area contributed by atoms with Crippen LogP contribution in [0.3, 0.4) is 0 Å². The van der Waals surface area contributed by atoms with Crippen LogP contribution in [-0.4, -0.2) is 29.2 Å². The van der Waals surface area contributed by atoms with Crippen LogP contribution in [0.25, 0.3) is 11.3 Å². The molecule has 1 atom stereocenters. The molecule has 8 heteroatoms. The van der Waals surface area contributed by atoms with Crippen LogP contribution in [0.1, 0.15) is 51.0 Å². The fourth-order valence-corrected chi connectivity index (χ4v) is 2.95. The molecule has 8 nitrogen and oxygen atoms in total. The van der Waals surface area contributed by atoms with Crippen LogP contribution in [-0.2, 0) is 0 Å². The second-order valence-electron chi connectivity index (χ2n) is 6.33. The number of carboxylic acid groups (broad SMARTS) is 1. The maximum atomic E-state index is 12.5. The van der Waals surface area contributed by atoms with Crippen molar-refractivity contribution in [2.75, 3.05) is 7.11 Å². The zero-order valence-corrected chi connectivity index (χ0v) is 15.9. The van der Waals surface area contributed by atoms with Gasteiger partial charge in [-0.2, -0.15) is 0 Å². The van der Waals surface area contributed by atoms with Crippen LogP contribution in [0.4, 0.5) is 0 Å². The summed E-state index contributed by atoms with van der Waals surface area (Å²) in [5.74, 6) is 0.208. The van der Waals surface area contributed by atoms with Gasteiger partial charge in [0.25, 0.3) is 5.91 Å². The fraction of sp³-hybridized carbons (Fsp3) is 0.250. The lowest BCUT2D eigenvalue weighted by Gasteiger charge is -2.11. The highest BCUT2D eigenvalue weighted by atomic mass is 16.5. The Morgan fingerprint density at radius 2 is 1.89 bits per heavy atom. The Morgan fingerprint density at radius 3 is 2.43 bits per heavy atom. The lowest BCUT2D eigenvalue weighted by Crippen LogP contribution is -2.27. The molecule has 0 saturated carbocycles. The molecular formula is C20H20N2O6. The number of hydrogen-bond donors (Lipinski definition) is 2. The minimum absolute atomic E-state index is 0.0598. The molecular weight excluding hydrogens is 364 g/mol. The number of carbonyl (C=O) groups excluding carboxylic acids is 1. The molecule has 0 radical (unpaired) electrons. The zero-order chi connectivity index (χ0) is 20.4. The van der Waals surface area contributed by atoms with Crippen LogP contribution in [0, 0.1) is 13.8 Å². The summed E-state index contributed by atoms with van der Waals surface area (Å²) in [6.07, 6.45) is 0. The summed E-state index contributed by atoms with van der Waals surface area (Å²) < 4.78 is 15.8. The van der Waals surface area contributed by atoms with Crippen LogP contribution in [0.15, 0.2) is 39.3 Å². The van der Waals surface area contributed by atoms with Gasteiger partial charge in [0.1, 0.15) is 28.5 Å². The van der Waals surface area contributed by atoms with E-state index in [1.54, 1.807) is 58.2 Å². The van der Waals surface area contributed by atoms with Gasteiger partial charge >= 0.3 is 5.97 Å². The number of amides is 1. The van der Waals surface area contributed by atoms with Crippen LogP contribution < -0.4 is 10.1 Å². The summed E-state index contributed by atoms with van der Waals surface area (Å²) >= 11 is 0. The third-order valence-electron chi connectivity index (χ3n) is 4.32. The Labute approximate surface area is 161 Å². The molecule has 0 saturated heterocycles. The third-order valence-corrected chi connectivity index (χ3v) is 4.32. The number of ether oxygens (including phenoxy) is 1. The van der Waals surface area contributed by atoms with Gasteiger partial charge in [-0.1, -0.05) is 5.16 Å². The van der Waals surface area contributed by atoms with Crippen molar-refractivity contribution in [1.82, 2.24) is 10.5 Å². The van der Waals surface area contributed by atoms with Crippen molar-refractivity contribution in [2.45, 2.75) is 26.8 Å². The van der Waals surface area contributed by atoms with Crippen LogP contribution in [0.5, 0.6) is 5.75 Å². The Kier molecular flexibility index (Phi) is 5.21. The largest absolute Gasteiger partial charge is 0.497 e. The molecule has 2 N–H and O–H groups in total. The van der Waals surface area contributed by atoms with E-state index in [0.717, 1.165) is 0 Å². The monoisotopic (exact) mass is 384 g/mol. The lowest BCUT2D eigenvalue weighted by molar-refractivity contribution is 0.0692. The first-order valence-electron chi connectivity index (χ1n) is 8.57. The average Bonchev–Trinajstić information content (AvgIpc) is 3.25. The third kappa shape index (κ3) is 3.62. The highest BCUT2D eigenvalue weighted by molar-refractivity contribution is 5.97. The smallest absolute Gasteiger partial charge is 0.341 e. The van der Waals surface area contributed by atoms with Gasteiger partial charge in [0.2, 0.25) is 0 Å². The maximum absolute atomic E-state index is 12.5. The molecule has 0 bridgehead atoms. The number of benzene rings is 1. The molecule has 146 valence electrons. The highest BCUT2D eigenvalue weighted by Gasteiger charge is 2.28. The summed E-state index contributed by atoms with van der Waals surface area (Å²) in [5.41, 5.74) is 1.03. The number of aromatic nitrogens is 1. The fourth-order valence-electron chi connectivity index (χ4n) is 2.95. The first kappa shape index (κ1) is 19.2. The molecule has 3 rings (SSSR count). The summed E-state index contributed by atoms with van der Waals surface area (Å²) in [6.45, 7) is 5.06. The number of furan rings is 1. The van der Waals surface area contributed by atoms with Crippen molar-refractivity contribution >= 4 is 11.9 Å². The molecule has 0 aliphatic rings. The van der Waals surface area contributed by atoms with Crippen molar-refractivity contribution in [3.05, 3.63) is 58.7 Å². The first-order chi connectivity index (χ1) is 13.3. The SMILES string of the molecule is COc1ccc(-c2noc(C(C)NC(=O)c3cc(C)oc3C)c2C(=O)O)cc1. The predicted octanol–water partition coefficient (Wildman–Crippen LogP) is 3.75. The van der Waals surface area contributed by atoms with E-state index in [2.05, 4.69) is 10.5 Å². The molecule has 1 aromatic carbocycles. The molecule has 0 spiro atoms. The number of aromatic carboxylic acids is 1.